The highest BCUT2D eigenvalue weighted by Gasteiger charge is 2.09. The van der Waals surface area contributed by atoms with E-state index in [2.05, 4.69) is 6.92 Å². The average Bonchev–Trinajstić information content (AvgIpc) is 2.36. The van der Waals surface area contributed by atoms with Crippen molar-refractivity contribution in [1.82, 2.24) is 0 Å². The molecule has 0 saturated carbocycles. The molecular weight excluding hydrogens is 178 g/mol. The summed E-state index contributed by atoms with van der Waals surface area (Å²) in [7, 11) is 0. The van der Waals surface area contributed by atoms with Gasteiger partial charge >= 0.3 is 0 Å². The van der Waals surface area contributed by atoms with Crippen molar-refractivity contribution in [2.45, 2.75) is 25.8 Å². The molecule has 0 bridgehead atoms. The lowest BCUT2D eigenvalue weighted by Gasteiger charge is -2.07. The van der Waals surface area contributed by atoms with Crippen molar-refractivity contribution >= 4 is 22.9 Å². The van der Waals surface area contributed by atoms with Crippen LogP contribution in [0, 0.1) is 0 Å². The summed E-state index contributed by atoms with van der Waals surface area (Å²) in [6.45, 7) is 2.13. The van der Waals surface area contributed by atoms with Gasteiger partial charge in [0.05, 0.1) is 5.02 Å². The van der Waals surface area contributed by atoms with Gasteiger partial charge in [0.1, 0.15) is 0 Å². The van der Waals surface area contributed by atoms with E-state index in [-0.39, 0.29) is 6.04 Å². The monoisotopic (exact) mass is 189 g/mol. The van der Waals surface area contributed by atoms with Gasteiger partial charge in [-0.05, 0) is 17.9 Å². The van der Waals surface area contributed by atoms with Crippen LogP contribution < -0.4 is 5.73 Å². The molecule has 1 rings (SSSR count). The average molecular weight is 190 g/mol. The number of rotatable bonds is 3. The summed E-state index contributed by atoms with van der Waals surface area (Å²) in [5.41, 5.74) is 5.88. The molecule has 3 heteroatoms. The van der Waals surface area contributed by atoms with E-state index < -0.39 is 0 Å². The van der Waals surface area contributed by atoms with Crippen LogP contribution in [-0.2, 0) is 0 Å². The Morgan fingerprint density at radius 2 is 2.45 bits per heavy atom. The smallest absolute Gasteiger partial charge is 0.0561 e. The van der Waals surface area contributed by atoms with Gasteiger partial charge < -0.3 is 5.73 Å². The number of halogens is 1. The van der Waals surface area contributed by atoms with Gasteiger partial charge in [-0.3, -0.25) is 0 Å². The summed E-state index contributed by atoms with van der Waals surface area (Å²) in [5, 5.41) is 2.80. The first-order chi connectivity index (χ1) is 5.25. The first kappa shape index (κ1) is 9.04. The molecule has 0 aromatic carbocycles. The lowest BCUT2D eigenvalue weighted by molar-refractivity contribution is 0.648. The molecule has 1 heterocycles. The Hall–Kier alpha value is -0.0500. The fourth-order valence-electron chi connectivity index (χ4n) is 1.01. The van der Waals surface area contributed by atoms with Crippen molar-refractivity contribution in [3.63, 3.8) is 0 Å². The topological polar surface area (TPSA) is 26.0 Å². The van der Waals surface area contributed by atoms with Crippen LogP contribution in [0.3, 0.4) is 0 Å². The van der Waals surface area contributed by atoms with Crippen LogP contribution in [0.5, 0.6) is 0 Å². The van der Waals surface area contributed by atoms with E-state index in [1.54, 1.807) is 11.3 Å². The molecule has 1 unspecified atom stereocenters. The molecule has 2 N–H and O–H groups in total. The largest absolute Gasteiger partial charge is 0.323 e. The maximum atomic E-state index is 5.90. The summed E-state index contributed by atoms with van der Waals surface area (Å²) >= 11 is 7.54. The Labute approximate surface area is 76.2 Å². The highest BCUT2D eigenvalue weighted by Crippen LogP contribution is 2.29. The molecule has 1 nitrogen and oxygen atoms in total. The third-order valence-electron chi connectivity index (χ3n) is 1.58. The van der Waals surface area contributed by atoms with E-state index in [1.165, 1.54) is 0 Å². The second-order valence-corrected chi connectivity index (χ2v) is 3.88. The number of nitrogens with two attached hydrogens (primary N) is 1. The fourth-order valence-corrected chi connectivity index (χ4v) is 2.25. The van der Waals surface area contributed by atoms with E-state index in [0.29, 0.717) is 0 Å². The van der Waals surface area contributed by atoms with Gasteiger partial charge in [0.2, 0.25) is 0 Å². The van der Waals surface area contributed by atoms with Gasteiger partial charge in [-0.2, -0.15) is 0 Å². The van der Waals surface area contributed by atoms with Crippen LogP contribution in [0.15, 0.2) is 11.4 Å². The zero-order chi connectivity index (χ0) is 8.27. The van der Waals surface area contributed by atoms with E-state index >= 15 is 0 Å². The van der Waals surface area contributed by atoms with E-state index in [0.717, 1.165) is 22.7 Å². The Morgan fingerprint density at radius 1 is 1.73 bits per heavy atom. The van der Waals surface area contributed by atoms with Crippen LogP contribution in [-0.4, -0.2) is 0 Å². The molecule has 0 radical (unpaired) electrons. The third kappa shape index (κ3) is 2.19. The van der Waals surface area contributed by atoms with Gasteiger partial charge in [0.15, 0.2) is 0 Å². The lowest BCUT2D eigenvalue weighted by Crippen LogP contribution is -2.07. The number of hydrogen-bond acceptors (Lipinski definition) is 2. The first-order valence-electron chi connectivity index (χ1n) is 3.74. The van der Waals surface area contributed by atoms with Crippen molar-refractivity contribution in [2.75, 3.05) is 0 Å². The minimum absolute atomic E-state index is 0.132. The minimum atomic E-state index is 0.132. The summed E-state index contributed by atoms with van der Waals surface area (Å²) < 4.78 is 0. The van der Waals surface area contributed by atoms with E-state index in [1.807, 2.05) is 11.4 Å². The maximum Gasteiger partial charge on any atom is 0.0561 e. The highest BCUT2D eigenvalue weighted by molar-refractivity contribution is 7.10. The molecule has 62 valence electrons. The standard InChI is InChI=1S/C8H12ClNS/c1-2-3-7(10)8-6(9)4-5-11-8/h4-5,7H,2-3,10H2,1H3. The second-order valence-electron chi connectivity index (χ2n) is 2.53. The molecule has 0 fully saturated rings. The zero-order valence-electron chi connectivity index (χ0n) is 6.51. The van der Waals surface area contributed by atoms with E-state index in [4.69, 9.17) is 17.3 Å². The van der Waals surface area contributed by atoms with Crippen molar-refractivity contribution in [1.29, 1.82) is 0 Å². The van der Waals surface area contributed by atoms with Gasteiger partial charge in [-0.25, -0.2) is 0 Å². The Morgan fingerprint density at radius 3 is 2.91 bits per heavy atom. The van der Waals surface area contributed by atoms with Crippen LogP contribution in [0.1, 0.15) is 30.7 Å². The van der Waals surface area contributed by atoms with Gasteiger partial charge in [0, 0.05) is 10.9 Å². The van der Waals surface area contributed by atoms with Crippen molar-refractivity contribution in [3.05, 3.63) is 21.3 Å². The molecule has 0 aliphatic rings. The molecule has 0 amide bonds. The fraction of sp³-hybridized carbons (Fsp3) is 0.500. The Bertz CT molecular complexity index is 222. The molecule has 11 heavy (non-hydrogen) atoms. The lowest BCUT2D eigenvalue weighted by atomic mass is 10.1. The van der Waals surface area contributed by atoms with E-state index in [9.17, 15) is 0 Å². The van der Waals surface area contributed by atoms with Crippen LogP contribution in [0.4, 0.5) is 0 Å². The van der Waals surface area contributed by atoms with Crippen LogP contribution in [0.2, 0.25) is 5.02 Å². The molecule has 0 spiro atoms. The van der Waals surface area contributed by atoms with Crippen molar-refractivity contribution in [3.8, 4) is 0 Å². The Kier molecular flexibility index (Phi) is 3.37. The van der Waals surface area contributed by atoms with Gasteiger partial charge in [0.25, 0.3) is 0 Å². The number of thiophene rings is 1. The normalized spacial score (nSPS) is 13.4. The highest BCUT2D eigenvalue weighted by atomic mass is 35.5. The molecule has 1 atom stereocenters. The minimum Gasteiger partial charge on any atom is -0.323 e. The van der Waals surface area contributed by atoms with Crippen LogP contribution in [0.25, 0.3) is 0 Å². The molecule has 0 aliphatic heterocycles. The summed E-state index contributed by atoms with van der Waals surface area (Å²) in [6.07, 6.45) is 2.12. The predicted octanol–water partition coefficient (Wildman–Crippen LogP) is 3.20. The maximum absolute atomic E-state index is 5.90. The zero-order valence-corrected chi connectivity index (χ0v) is 8.08. The third-order valence-corrected chi connectivity index (χ3v) is 3.07. The predicted molar refractivity (Wildman–Crippen MR) is 51.2 cm³/mol. The number of hydrogen-bond donors (Lipinski definition) is 1. The van der Waals surface area contributed by atoms with Crippen molar-refractivity contribution < 1.29 is 0 Å². The molecule has 0 saturated heterocycles. The summed E-state index contributed by atoms with van der Waals surface area (Å²) in [4.78, 5) is 1.12. The van der Waals surface area contributed by atoms with Crippen molar-refractivity contribution in [2.24, 2.45) is 5.73 Å². The molecular formula is C8H12ClNS. The molecule has 1 aromatic rings. The molecule has 1 aromatic heterocycles. The first-order valence-corrected chi connectivity index (χ1v) is 5.00. The summed E-state index contributed by atoms with van der Waals surface area (Å²) in [5.74, 6) is 0. The summed E-state index contributed by atoms with van der Waals surface area (Å²) in [6, 6.07) is 2.03. The quantitative estimate of drug-likeness (QED) is 0.777. The van der Waals surface area contributed by atoms with Gasteiger partial charge in [-0.1, -0.05) is 24.9 Å². The Balaban J connectivity index is 2.67. The molecule has 0 aliphatic carbocycles. The second kappa shape index (κ2) is 4.10. The van der Waals surface area contributed by atoms with Crippen LogP contribution >= 0.6 is 22.9 Å². The van der Waals surface area contributed by atoms with Gasteiger partial charge in [-0.15, -0.1) is 11.3 Å². The SMILES string of the molecule is CCCC(N)c1sccc1Cl.